The van der Waals surface area contributed by atoms with E-state index in [4.69, 9.17) is 4.74 Å². The fraction of sp³-hybridized carbons (Fsp3) is 0.536. The fourth-order valence-corrected chi connectivity index (χ4v) is 5.05. The van der Waals surface area contributed by atoms with Gasteiger partial charge in [0.2, 0.25) is 0 Å². The number of nitrogens with zero attached hydrogens (tertiary/aromatic N) is 4. The zero-order valence-corrected chi connectivity index (χ0v) is 22.8. The molecule has 4 amide bonds. The summed E-state index contributed by atoms with van der Waals surface area (Å²) in [6.45, 7) is 4.13. The molecule has 1 aliphatic heterocycles. The van der Waals surface area contributed by atoms with Gasteiger partial charge >= 0.3 is 6.03 Å². The average Bonchev–Trinajstić information content (AvgIpc) is 2.95. The molecule has 3 atom stereocenters. The molecule has 11 heteroatoms. The predicted molar refractivity (Wildman–Crippen MR) is 146 cm³/mol. The number of hydrogen-bond donors (Lipinski definition) is 3. The Hall–Kier alpha value is -3.73. The summed E-state index contributed by atoms with van der Waals surface area (Å²) < 4.78 is 6.48. The first-order valence-corrected chi connectivity index (χ1v) is 13.6. The number of fused-ring (bicyclic) bond motifs is 1. The fourth-order valence-electron chi connectivity index (χ4n) is 5.05. The number of para-hydroxylation sites is 1. The maximum atomic E-state index is 13.6. The number of aliphatic hydroxyl groups excluding tert-OH is 1. The number of carbonyl (C=O) groups is 3. The first-order chi connectivity index (χ1) is 18.8. The summed E-state index contributed by atoms with van der Waals surface area (Å²) in [5, 5.41) is 15.8. The molecule has 0 spiro atoms. The van der Waals surface area contributed by atoms with Crippen LogP contribution in [0.3, 0.4) is 0 Å². The molecule has 1 aliphatic carbocycles. The number of ether oxygens (including phenoxy) is 1. The number of hydrogen-bond acceptors (Lipinski definition) is 7. The van der Waals surface area contributed by atoms with Crippen LogP contribution in [0.25, 0.3) is 0 Å². The van der Waals surface area contributed by atoms with Crippen LogP contribution in [0.1, 0.15) is 66.8 Å². The highest BCUT2D eigenvalue weighted by molar-refractivity contribution is 6.06. The van der Waals surface area contributed by atoms with Crippen LogP contribution in [0, 0.1) is 5.92 Å². The van der Waals surface area contributed by atoms with Crippen LogP contribution in [-0.4, -0.2) is 87.7 Å². The Kier molecular flexibility index (Phi) is 9.34. The van der Waals surface area contributed by atoms with E-state index in [0.717, 1.165) is 25.7 Å². The third kappa shape index (κ3) is 6.83. The Balaban J connectivity index is 1.62. The van der Waals surface area contributed by atoms with E-state index < -0.39 is 18.1 Å². The standard InChI is InChI=1S/C28H38N6O5/c1-18-15-34(19(2)17-35)27(37)21-10-7-11-22(32-26(36)23-14-29-12-13-30-23)25(21)39-24(18)16-33(3)28(38)31-20-8-5-4-6-9-20/h7,10-14,18-20,24,35H,4-6,8-9,15-17H2,1-3H3,(H,31,38)(H,32,36)/t18-,19+,24-/m1/s1. The number of amides is 4. The third-order valence-corrected chi connectivity index (χ3v) is 7.47. The molecule has 0 saturated heterocycles. The summed E-state index contributed by atoms with van der Waals surface area (Å²) in [4.78, 5) is 50.8. The summed E-state index contributed by atoms with van der Waals surface area (Å²) in [6.07, 6.45) is 9.14. The van der Waals surface area contributed by atoms with Gasteiger partial charge in [0.15, 0.2) is 5.75 Å². The van der Waals surface area contributed by atoms with E-state index in [-0.39, 0.29) is 54.1 Å². The highest BCUT2D eigenvalue weighted by Crippen LogP contribution is 2.35. The molecule has 1 aromatic carbocycles. The first-order valence-electron chi connectivity index (χ1n) is 13.6. The number of carbonyl (C=O) groups excluding carboxylic acids is 3. The lowest BCUT2D eigenvalue weighted by molar-refractivity contribution is 0.0367. The van der Waals surface area contributed by atoms with Crippen molar-refractivity contribution in [1.82, 2.24) is 25.1 Å². The summed E-state index contributed by atoms with van der Waals surface area (Å²) in [5.74, 6) is -0.781. The zero-order valence-electron chi connectivity index (χ0n) is 22.8. The Morgan fingerprint density at radius 1 is 1.23 bits per heavy atom. The minimum absolute atomic E-state index is 0.117. The Morgan fingerprint density at radius 3 is 2.69 bits per heavy atom. The smallest absolute Gasteiger partial charge is 0.317 e. The second-order valence-electron chi connectivity index (χ2n) is 10.5. The number of rotatable bonds is 7. The molecule has 0 bridgehead atoms. The average molecular weight is 539 g/mol. The second-order valence-corrected chi connectivity index (χ2v) is 10.5. The minimum Gasteiger partial charge on any atom is -0.485 e. The van der Waals surface area contributed by atoms with Gasteiger partial charge in [-0.3, -0.25) is 14.6 Å². The highest BCUT2D eigenvalue weighted by Gasteiger charge is 2.35. The van der Waals surface area contributed by atoms with Crippen molar-refractivity contribution >= 4 is 23.5 Å². The van der Waals surface area contributed by atoms with Crippen LogP contribution in [0.5, 0.6) is 5.75 Å². The molecule has 4 rings (SSSR count). The van der Waals surface area contributed by atoms with E-state index in [9.17, 15) is 19.5 Å². The van der Waals surface area contributed by atoms with E-state index in [1.807, 2.05) is 6.92 Å². The molecule has 210 valence electrons. The van der Waals surface area contributed by atoms with Crippen molar-refractivity contribution in [2.24, 2.45) is 5.92 Å². The molecule has 0 radical (unpaired) electrons. The number of urea groups is 1. The Morgan fingerprint density at radius 2 is 2.00 bits per heavy atom. The summed E-state index contributed by atoms with van der Waals surface area (Å²) in [6, 6.07) is 4.53. The lowest BCUT2D eigenvalue weighted by Gasteiger charge is -2.38. The second kappa shape index (κ2) is 12.9. The van der Waals surface area contributed by atoms with E-state index in [2.05, 4.69) is 20.6 Å². The quantitative estimate of drug-likeness (QED) is 0.493. The first kappa shape index (κ1) is 28.3. The molecule has 2 heterocycles. The van der Waals surface area contributed by atoms with Crippen molar-refractivity contribution in [3.8, 4) is 5.75 Å². The van der Waals surface area contributed by atoms with Gasteiger partial charge in [0, 0.05) is 37.9 Å². The van der Waals surface area contributed by atoms with Crippen LogP contribution < -0.4 is 15.4 Å². The number of nitrogens with one attached hydrogen (secondary N) is 2. The normalized spacial score (nSPS) is 20.6. The van der Waals surface area contributed by atoms with Crippen LogP contribution in [0.4, 0.5) is 10.5 Å². The summed E-state index contributed by atoms with van der Waals surface area (Å²) in [5.41, 5.74) is 0.687. The van der Waals surface area contributed by atoms with Crippen LogP contribution in [0.15, 0.2) is 36.8 Å². The molecule has 2 aliphatic rings. The molecule has 11 nitrogen and oxygen atoms in total. The van der Waals surface area contributed by atoms with E-state index in [0.29, 0.717) is 12.2 Å². The monoisotopic (exact) mass is 538 g/mol. The molecule has 39 heavy (non-hydrogen) atoms. The van der Waals surface area contributed by atoms with Crippen molar-refractivity contribution in [3.63, 3.8) is 0 Å². The number of aliphatic hydroxyl groups is 1. The predicted octanol–water partition coefficient (Wildman–Crippen LogP) is 2.92. The van der Waals surface area contributed by atoms with Crippen LogP contribution >= 0.6 is 0 Å². The molecule has 2 aromatic rings. The lowest BCUT2D eigenvalue weighted by Crippen LogP contribution is -2.52. The SMILES string of the molecule is C[C@@H]1CN([C@@H](C)CO)C(=O)c2cccc(NC(=O)c3cnccn3)c2O[C@@H]1CN(C)C(=O)NC1CCCCC1. The van der Waals surface area contributed by atoms with Crippen molar-refractivity contribution in [1.29, 1.82) is 0 Å². The van der Waals surface area contributed by atoms with Gasteiger partial charge in [-0.15, -0.1) is 0 Å². The molecule has 1 fully saturated rings. The van der Waals surface area contributed by atoms with Crippen LogP contribution in [-0.2, 0) is 0 Å². The molecule has 0 unspecified atom stereocenters. The van der Waals surface area contributed by atoms with E-state index in [1.165, 1.54) is 25.0 Å². The largest absolute Gasteiger partial charge is 0.485 e. The summed E-state index contributed by atoms with van der Waals surface area (Å²) >= 11 is 0. The number of anilines is 1. The van der Waals surface area contributed by atoms with Gasteiger partial charge in [-0.1, -0.05) is 32.3 Å². The highest BCUT2D eigenvalue weighted by atomic mass is 16.5. The van der Waals surface area contributed by atoms with Gasteiger partial charge in [-0.2, -0.15) is 0 Å². The topological polar surface area (TPSA) is 137 Å². The number of benzene rings is 1. The van der Waals surface area contributed by atoms with Gasteiger partial charge in [0.05, 0.1) is 36.6 Å². The molecular weight excluding hydrogens is 500 g/mol. The summed E-state index contributed by atoms with van der Waals surface area (Å²) in [7, 11) is 1.73. The van der Waals surface area contributed by atoms with Gasteiger partial charge in [0.1, 0.15) is 11.8 Å². The molecule has 1 aromatic heterocycles. The van der Waals surface area contributed by atoms with Crippen molar-refractivity contribution in [2.75, 3.05) is 32.1 Å². The maximum Gasteiger partial charge on any atom is 0.317 e. The Labute approximate surface area is 228 Å². The van der Waals surface area contributed by atoms with Crippen LogP contribution in [0.2, 0.25) is 0 Å². The Bertz CT molecular complexity index is 1160. The number of aromatic nitrogens is 2. The van der Waals surface area contributed by atoms with Gasteiger partial charge in [0.25, 0.3) is 11.8 Å². The molecular formula is C28H38N6O5. The third-order valence-electron chi connectivity index (χ3n) is 7.47. The minimum atomic E-state index is -0.498. The molecule has 1 saturated carbocycles. The van der Waals surface area contributed by atoms with E-state index >= 15 is 0 Å². The lowest BCUT2D eigenvalue weighted by atomic mass is 9.96. The molecule has 3 N–H and O–H groups in total. The number of likely N-dealkylation sites (N-methyl/N-ethyl adjacent to an activating group) is 1. The van der Waals surface area contributed by atoms with Gasteiger partial charge < -0.3 is 30.3 Å². The zero-order chi connectivity index (χ0) is 27.9. The van der Waals surface area contributed by atoms with Crippen molar-refractivity contribution in [2.45, 2.75) is 64.1 Å². The maximum absolute atomic E-state index is 13.6. The van der Waals surface area contributed by atoms with Crippen molar-refractivity contribution < 1.29 is 24.2 Å². The van der Waals surface area contributed by atoms with Gasteiger partial charge in [-0.25, -0.2) is 9.78 Å². The van der Waals surface area contributed by atoms with Crippen molar-refractivity contribution in [3.05, 3.63) is 48.0 Å². The van der Waals surface area contributed by atoms with E-state index in [1.54, 1.807) is 42.0 Å². The van der Waals surface area contributed by atoms with Gasteiger partial charge in [-0.05, 0) is 31.9 Å².